The molecule has 23 heavy (non-hydrogen) atoms. The molecule has 0 bridgehead atoms. The number of hydrogen-bond donors (Lipinski definition) is 1. The van der Waals surface area contributed by atoms with Gasteiger partial charge in [0.1, 0.15) is 5.69 Å². The number of thiazole rings is 1. The summed E-state index contributed by atoms with van der Waals surface area (Å²) in [5.74, 6) is -0.332. The van der Waals surface area contributed by atoms with E-state index in [-0.39, 0.29) is 5.91 Å². The van der Waals surface area contributed by atoms with Gasteiger partial charge in [-0.2, -0.15) is 0 Å². The van der Waals surface area contributed by atoms with Gasteiger partial charge in [0.2, 0.25) is 5.91 Å². The van der Waals surface area contributed by atoms with Crippen LogP contribution in [0.25, 0.3) is 0 Å². The summed E-state index contributed by atoms with van der Waals surface area (Å²) in [6, 6.07) is 3.96. The van der Waals surface area contributed by atoms with Crippen LogP contribution in [0.15, 0.2) is 22.9 Å². The molecule has 0 unspecified atom stereocenters. The van der Waals surface area contributed by atoms with Crippen LogP contribution in [0.3, 0.4) is 0 Å². The van der Waals surface area contributed by atoms with Gasteiger partial charge in [-0.15, -0.1) is 22.7 Å². The molecule has 0 atom stereocenters. The molecule has 0 aliphatic carbocycles. The van der Waals surface area contributed by atoms with Gasteiger partial charge >= 0.3 is 0 Å². The van der Waals surface area contributed by atoms with Crippen molar-refractivity contribution >= 4 is 39.6 Å². The maximum absolute atomic E-state index is 12.4. The SMILES string of the molecule is NC(=O)c1csc(N2CCCN(C(=O)Cc3cccs3)CC2)n1. The second-order valence-corrected chi connectivity index (χ2v) is 7.23. The monoisotopic (exact) mass is 350 g/mol. The van der Waals surface area contributed by atoms with Crippen molar-refractivity contribution in [2.75, 3.05) is 31.1 Å². The normalized spacial score (nSPS) is 15.5. The first kappa shape index (κ1) is 15.9. The molecule has 0 saturated carbocycles. The molecule has 6 nitrogen and oxygen atoms in total. The summed E-state index contributed by atoms with van der Waals surface area (Å²) in [5, 5.41) is 4.47. The van der Waals surface area contributed by atoms with E-state index in [4.69, 9.17) is 5.73 Å². The number of carbonyl (C=O) groups excluding carboxylic acids is 2. The zero-order valence-electron chi connectivity index (χ0n) is 12.6. The quantitative estimate of drug-likeness (QED) is 0.908. The number of hydrogen-bond acceptors (Lipinski definition) is 6. The van der Waals surface area contributed by atoms with E-state index in [1.165, 1.54) is 11.3 Å². The number of primary amides is 1. The first-order chi connectivity index (χ1) is 11.1. The van der Waals surface area contributed by atoms with Crippen molar-refractivity contribution in [1.29, 1.82) is 0 Å². The predicted octanol–water partition coefficient (Wildman–Crippen LogP) is 1.58. The Labute approximate surface area is 142 Å². The third-order valence-electron chi connectivity index (χ3n) is 3.77. The van der Waals surface area contributed by atoms with Gasteiger partial charge in [0.15, 0.2) is 5.13 Å². The fourth-order valence-corrected chi connectivity index (χ4v) is 4.12. The third-order valence-corrected chi connectivity index (χ3v) is 5.55. The molecule has 3 heterocycles. The van der Waals surface area contributed by atoms with E-state index in [0.29, 0.717) is 18.7 Å². The van der Waals surface area contributed by atoms with E-state index in [1.807, 2.05) is 22.4 Å². The van der Waals surface area contributed by atoms with E-state index in [1.54, 1.807) is 16.7 Å². The number of aromatic nitrogens is 1. The molecule has 1 aliphatic rings. The average Bonchev–Trinajstić information content (AvgIpc) is 3.15. The first-order valence-electron chi connectivity index (χ1n) is 7.44. The highest BCUT2D eigenvalue weighted by Crippen LogP contribution is 2.22. The van der Waals surface area contributed by atoms with E-state index in [9.17, 15) is 9.59 Å². The Morgan fingerprint density at radius 2 is 2.09 bits per heavy atom. The average molecular weight is 350 g/mol. The molecule has 2 aromatic heterocycles. The molecule has 122 valence electrons. The Hall–Kier alpha value is -1.93. The standard InChI is InChI=1S/C15H18N4O2S2/c16-14(21)12-10-23-15(17-12)19-5-2-4-18(6-7-19)13(20)9-11-3-1-8-22-11/h1,3,8,10H,2,4-7,9H2,(H2,16,21). The zero-order chi connectivity index (χ0) is 16.2. The minimum absolute atomic E-state index is 0.172. The maximum Gasteiger partial charge on any atom is 0.268 e. The van der Waals surface area contributed by atoms with Crippen molar-refractivity contribution in [1.82, 2.24) is 9.88 Å². The molecule has 2 aromatic rings. The molecule has 3 rings (SSSR count). The van der Waals surface area contributed by atoms with Gasteiger partial charge in [0, 0.05) is 36.4 Å². The van der Waals surface area contributed by atoms with Crippen molar-refractivity contribution < 1.29 is 9.59 Å². The van der Waals surface area contributed by atoms with Gasteiger partial charge in [-0.25, -0.2) is 4.98 Å². The van der Waals surface area contributed by atoms with Crippen LogP contribution in [0.2, 0.25) is 0 Å². The summed E-state index contributed by atoms with van der Waals surface area (Å²) < 4.78 is 0. The molecule has 1 aliphatic heterocycles. The van der Waals surface area contributed by atoms with Gasteiger partial charge < -0.3 is 15.5 Å². The molecule has 1 saturated heterocycles. The molecule has 0 spiro atoms. The number of thiophene rings is 1. The second kappa shape index (κ2) is 7.10. The van der Waals surface area contributed by atoms with Crippen LogP contribution in [0.4, 0.5) is 5.13 Å². The van der Waals surface area contributed by atoms with Gasteiger partial charge in [0.25, 0.3) is 5.91 Å². The minimum Gasteiger partial charge on any atom is -0.364 e. The highest BCUT2D eigenvalue weighted by Gasteiger charge is 2.21. The number of nitrogens with two attached hydrogens (primary N) is 1. The topological polar surface area (TPSA) is 79.5 Å². The number of anilines is 1. The summed E-state index contributed by atoms with van der Waals surface area (Å²) in [4.78, 5) is 33.0. The lowest BCUT2D eigenvalue weighted by atomic mass is 10.3. The van der Waals surface area contributed by atoms with Crippen LogP contribution < -0.4 is 10.6 Å². The smallest absolute Gasteiger partial charge is 0.268 e. The maximum atomic E-state index is 12.4. The van der Waals surface area contributed by atoms with Crippen molar-refractivity contribution in [2.24, 2.45) is 5.73 Å². The van der Waals surface area contributed by atoms with Crippen LogP contribution >= 0.6 is 22.7 Å². The minimum atomic E-state index is -0.505. The van der Waals surface area contributed by atoms with Gasteiger partial charge in [0.05, 0.1) is 6.42 Å². The molecule has 2 N–H and O–H groups in total. The molecular formula is C15H18N4O2S2. The number of carbonyl (C=O) groups is 2. The summed E-state index contributed by atoms with van der Waals surface area (Å²) >= 11 is 3.03. The summed E-state index contributed by atoms with van der Waals surface area (Å²) in [7, 11) is 0. The summed E-state index contributed by atoms with van der Waals surface area (Å²) in [6.07, 6.45) is 1.36. The summed E-state index contributed by atoms with van der Waals surface area (Å²) in [6.45, 7) is 2.99. The predicted molar refractivity (Wildman–Crippen MR) is 92.1 cm³/mol. The van der Waals surface area contributed by atoms with Crippen molar-refractivity contribution in [3.63, 3.8) is 0 Å². The van der Waals surface area contributed by atoms with Crippen molar-refractivity contribution in [2.45, 2.75) is 12.8 Å². The fraction of sp³-hybridized carbons (Fsp3) is 0.400. The second-order valence-electron chi connectivity index (χ2n) is 5.36. The van der Waals surface area contributed by atoms with Crippen LogP contribution in [0, 0.1) is 0 Å². The van der Waals surface area contributed by atoms with Crippen molar-refractivity contribution in [3.05, 3.63) is 33.5 Å². The molecule has 2 amide bonds. The lowest BCUT2D eigenvalue weighted by molar-refractivity contribution is -0.130. The van der Waals surface area contributed by atoms with E-state index in [0.717, 1.165) is 36.1 Å². The molecule has 1 fully saturated rings. The van der Waals surface area contributed by atoms with E-state index in [2.05, 4.69) is 9.88 Å². The Morgan fingerprint density at radius 1 is 1.22 bits per heavy atom. The zero-order valence-corrected chi connectivity index (χ0v) is 14.2. The Morgan fingerprint density at radius 3 is 2.78 bits per heavy atom. The van der Waals surface area contributed by atoms with Gasteiger partial charge in [-0.3, -0.25) is 9.59 Å². The first-order valence-corrected chi connectivity index (χ1v) is 9.20. The van der Waals surface area contributed by atoms with Crippen LogP contribution in [-0.4, -0.2) is 47.9 Å². The lowest BCUT2D eigenvalue weighted by Crippen LogP contribution is -2.36. The molecule has 0 aromatic carbocycles. The van der Waals surface area contributed by atoms with Crippen LogP contribution in [0.1, 0.15) is 21.8 Å². The van der Waals surface area contributed by atoms with Crippen molar-refractivity contribution in [3.8, 4) is 0 Å². The fourth-order valence-electron chi connectivity index (χ4n) is 2.55. The van der Waals surface area contributed by atoms with Crippen LogP contribution in [0.5, 0.6) is 0 Å². The van der Waals surface area contributed by atoms with Gasteiger partial charge in [-0.1, -0.05) is 6.07 Å². The highest BCUT2D eigenvalue weighted by molar-refractivity contribution is 7.14. The Bertz CT molecular complexity index is 683. The Kier molecular flexibility index (Phi) is 4.92. The van der Waals surface area contributed by atoms with E-state index < -0.39 is 5.91 Å². The number of nitrogens with zero attached hydrogens (tertiary/aromatic N) is 3. The highest BCUT2D eigenvalue weighted by atomic mass is 32.1. The van der Waals surface area contributed by atoms with Crippen LogP contribution in [-0.2, 0) is 11.2 Å². The van der Waals surface area contributed by atoms with E-state index >= 15 is 0 Å². The Balaban J connectivity index is 1.60. The molecule has 0 radical (unpaired) electrons. The molecular weight excluding hydrogens is 332 g/mol. The lowest BCUT2D eigenvalue weighted by Gasteiger charge is -2.21. The third kappa shape index (κ3) is 3.89. The summed E-state index contributed by atoms with van der Waals surface area (Å²) in [5.41, 5.74) is 5.55. The number of rotatable bonds is 4. The number of amides is 2. The molecule has 8 heteroatoms. The van der Waals surface area contributed by atoms with Gasteiger partial charge in [-0.05, 0) is 17.9 Å². The largest absolute Gasteiger partial charge is 0.364 e.